The fourth-order valence-electron chi connectivity index (χ4n) is 3.53. The number of aromatic nitrogens is 1. The molecule has 0 saturated heterocycles. The van der Waals surface area contributed by atoms with E-state index < -0.39 is 57.3 Å². The molecule has 1 aromatic heterocycles. The maximum Gasteiger partial charge on any atom is 0.300 e. The van der Waals surface area contributed by atoms with E-state index in [9.17, 15) is 22.0 Å². The Kier molecular flexibility index (Phi) is 7.37. The molecule has 0 aliphatic heterocycles. The predicted octanol–water partition coefficient (Wildman–Crippen LogP) is 4.05. The zero-order valence-electron chi connectivity index (χ0n) is 19.8. The van der Waals surface area contributed by atoms with Crippen LogP contribution in [-0.2, 0) is 16.6 Å². The number of halogens is 4. The Morgan fingerprint density at radius 2 is 1.76 bits per heavy atom. The number of nitrogens with one attached hydrogen (secondary N) is 4. The summed E-state index contributed by atoms with van der Waals surface area (Å²) in [6, 6.07) is 6.20. The largest absolute Gasteiger partial charge is 0.350 e. The molecule has 8 nitrogen and oxygen atoms in total. The summed E-state index contributed by atoms with van der Waals surface area (Å²) >= 11 is 0. The van der Waals surface area contributed by atoms with Gasteiger partial charge in [-0.3, -0.25) is 9.52 Å². The number of hydrogen-bond acceptors (Lipinski definition) is 5. The highest BCUT2D eigenvalue weighted by Gasteiger charge is 2.29. The van der Waals surface area contributed by atoms with E-state index in [0.717, 1.165) is 32.2 Å². The summed E-state index contributed by atoms with van der Waals surface area (Å²) in [6.45, 7) is 1.66. The monoisotopic (exact) mass is 537 g/mol. The van der Waals surface area contributed by atoms with E-state index in [2.05, 4.69) is 15.6 Å². The fourth-order valence-corrected chi connectivity index (χ4v) is 4.03. The standard InChI is InChI=1S/C24H23F4N5O3S/c1-12-3-6-18(17(25)9-12)32-22-16(24(34)31-15-4-5-15)11-14(19(26)21(22)28)10-13-7-8-30-23(20(13)27)33-37(35,36)29-2/h3,6-9,11,15,29,32H,4-5,10H2,1-2H3,(H,30,33)(H,31,34). The van der Waals surface area contributed by atoms with E-state index in [1.54, 1.807) is 13.0 Å². The maximum absolute atomic E-state index is 15.3. The first-order chi connectivity index (χ1) is 17.5. The van der Waals surface area contributed by atoms with Crippen LogP contribution in [0.15, 0.2) is 36.5 Å². The van der Waals surface area contributed by atoms with Crippen molar-refractivity contribution in [1.82, 2.24) is 15.0 Å². The molecule has 4 N–H and O–H groups in total. The highest BCUT2D eigenvalue weighted by Crippen LogP contribution is 2.32. The SMILES string of the molecule is CNS(=O)(=O)Nc1nccc(Cc2cc(C(=O)NC3CC3)c(Nc3ccc(C)cc3F)c(F)c2F)c1F. The number of amides is 1. The molecular weight excluding hydrogens is 514 g/mol. The smallest absolute Gasteiger partial charge is 0.300 e. The number of nitrogens with zero attached hydrogens (tertiary/aromatic N) is 1. The van der Waals surface area contributed by atoms with Crippen LogP contribution in [0, 0.1) is 30.2 Å². The third-order valence-electron chi connectivity index (χ3n) is 5.67. The summed E-state index contributed by atoms with van der Waals surface area (Å²) in [5.41, 5.74) is -1.01. The molecule has 0 bridgehead atoms. The number of rotatable bonds is 9. The van der Waals surface area contributed by atoms with Crippen LogP contribution in [0.5, 0.6) is 0 Å². The highest BCUT2D eigenvalue weighted by atomic mass is 32.2. The van der Waals surface area contributed by atoms with Crippen LogP contribution in [0.4, 0.5) is 34.8 Å². The van der Waals surface area contributed by atoms with Crippen molar-refractivity contribution in [3.05, 3.63) is 82.1 Å². The lowest BCUT2D eigenvalue weighted by molar-refractivity contribution is 0.0951. The summed E-state index contributed by atoms with van der Waals surface area (Å²) in [4.78, 5) is 16.6. The minimum absolute atomic E-state index is 0.117. The van der Waals surface area contributed by atoms with Gasteiger partial charge in [0.05, 0.1) is 16.9 Å². The topological polar surface area (TPSA) is 112 Å². The second-order valence-electron chi connectivity index (χ2n) is 8.56. The van der Waals surface area contributed by atoms with Crippen molar-refractivity contribution in [3.8, 4) is 0 Å². The molecule has 0 atom stereocenters. The van der Waals surface area contributed by atoms with E-state index in [1.165, 1.54) is 18.2 Å². The van der Waals surface area contributed by atoms with Gasteiger partial charge in [0.15, 0.2) is 23.3 Å². The van der Waals surface area contributed by atoms with Crippen LogP contribution >= 0.6 is 0 Å². The van der Waals surface area contributed by atoms with Crippen molar-refractivity contribution in [3.63, 3.8) is 0 Å². The Balaban J connectivity index is 1.75. The normalized spacial score (nSPS) is 13.4. The van der Waals surface area contributed by atoms with Crippen molar-refractivity contribution in [1.29, 1.82) is 0 Å². The Labute approximate surface area is 210 Å². The average molecular weight is 538 g/mol. The second-order valence-corrected chi connectivity index (χ2v) is 10.2. The zero-order chi connectivity index (χ0) is 26.9. The molecule has 1 aliphatic rings. The molecule has 1 amide bonds. The first-order valence-electron chi connectivity index (χ1n) is 11.2. The van der Waals surface area contributed by atoms with Gasteiger partial charge in [0.1, 0.15) is 5.82 Å². The molecule has 1 fully saturated rings. The molecule has 1 heterocycles. The van der Waals surface area contributed by atoms with E-state index in [1.807, 2.05) is 9.44 Å². The molecule has 1 aliphatic carbocycles. The molecule has 4 rings (SSSR count). The summed E-state index contributed by atoms with van der Waals surface area (Å²) in [6.07, 6.45) is 2.02. The number of aryl methyl sites for hydroxylation is 1. The summed E-state index contributed by atoms with van der Waals surface area (Å²) in [5.74, 6) is -6.03. The summed E-state index contributed by atoms with van der Waals surface area (Å²) in [5, 5.41) is 5.16. The van der Waals surface area contributed by atoms with Gasteiger partial charge in [-0.2, -0.15) is 8.42 Å². The Hall–Kier alpha value is -3.71. The van der Waals surface area contributed by atoms with E-state index >= 15 is 8.78 Å². The molecule has 37 heavy (non-hydrogen) atoms. The van der Waals surface area contributed by atoms with Crippen molar-refractivity contribution in [2.24, 2.45) is 0 Å². The van der Waals surface area contributed by atoms with Gasteiger partial charge >= 0.3 is 0 Å². The van der Waals surface area contributed by atoms with Crippen LogP contribution in [0.2, 0.25) is 0 Å². The van der Waals surface area contributed by atoms with Gasteiger partial charge in [-0.05, 0) is 60.7 Å². The van der Waals surface area contributed by atoms with Crippen molar-refractivity contribution in [2.45, 2.75) is 32.2 Å². The lowest BCUT2D eigenvalue weighted by atomic mass is 9.99. The van der Waals surface area contributed by atoms with Crippen LogP contribution in [0.25, 0.3) is 0 Å². The molecule has 0 spiro atoms. The first-order valence-corrected chi connectivity index (χ1v) is 12.7. The first kappa shape index (κ1) is 26.4. The van der Waals surface area contributed by atoms with E-state index in [-0.39, 0.29) is 28.4 Å². The van der Waals surface area contributed by atoms with Gasteiger partial charge in [0, 0.05) is 25.7 Å². The fraction of sp³-hybridized carbons (Fsp3) is 0.250. The van der Waals surface area contributed by atoms with E-state index in [4.69, 9.17) is 0 Å². The summed E-state index contributed by atoms with van der Waals surface area (Å²) in [7, 11) is -2.99. The quantitative estimate of drug-likeness (QED) is 0.308. The lowest BCUT2D eigenvalue weighted by Crippen LogP contribution is -2.27. The van der Waals surface area contributed by atoms with Crippen molar-refractivity contribution >= 4 is 33.3 Å². The minimum Gasteiger partial charge on any atom is -0.350 e. The van der Waals surface area contributed by atoms with Crippen LogP contribution in [0.1, 0.15) is 39.9 Å². The molecule has 0 radical (unpaired) electrons. The highest BCUT2D eigenvalue weighted by molar-refractivity contribution is 7.90. The second kappa shape index (κ2) is 10.3. The number of pyridine rings is 1. The number of anilines is 3. The average Bonchev–Trinajstić information content (AvgIpc) is 3.66. The Bertz CT molecular complexity index is 1480. The van der Waals surface area contributed by atoms with Gasteiger partial charge in [0.2, 0.25) is 0 Å². The molecule has 1 saturated carbocycles. The summed E-state index contributed by atoms with van der Waals surface area (Å²) < 4.78 is 87.2. The van der Waals surface area contributed by atoms with Crippen LogP contribution in [0.3, 0.4) is 0 Å². The molecule has 2 aromatic carbocycles. The number of carbonyl (C=O) groups excluding carboxylic acids is 1. The van der Waals surface area contributed by atoms with Crippen molar-refractivity contribution < 1.29 is 30.8 Å². The van der Waals surface area contributed by atoms with Crippen molar-refractivity contribution in [2.75, 3.05) is 17.1 Å². The maximum atomic E-state index is 15.3. The molecular formula is C24H23F4N5O3S. The number of hydrogen-bond donors (Lipinski definition) is 4. The Morgan fingerprint density at radius 3 is 2.41 bits per heavy atom. The predicted molar refractivity (Wildman–Crippen MR) is 130 cm³/mol. The van der Waals surface area contributed by atoms with Gasteiger partial charge in [-0.15, -0.1) is 0 Å². The third-order valence-corrected chi connectivity index (χ3v) is 6.67. The van der Waals surface area contributed by atoms with Gasteiger partial charge in [-0.1, -0.05) is 6.07 Å². The Morgan fingerprint density at radius 1 is 1.03 bits per heavy atom. The number of benzene rings is 2. The molecule has 13 heteroatoms. The molecule has 196 valence electrons. The van der Waals surface area contributed by atoms with E-state index in [0.29, 0.717) is 5.56 Å². The minimum atomic E-state index is -4.09. The van der Waals surface area contributed by atoms with Crippen LogP contribution < -0.4 is 20.1 Å². The molecule has 0 unspecified atom stereocenters. The number of carbonyl (C=O) groups is 1. The zero-order valence-corrected chi connectivity index (χ0v) is 20.6. The third kappa shape index (κ3) is 6.00. The van der Waals surface area contributed by atoms with Crippen LogP contribution in [-0.4, -0.2) is 32.4 Å². The lowest BCUT2D eigenvalue weighted by Gasteiger charge is -2.17. The van der Waals surface area contributed by atoms with Gasteiger partial charge < -0.3 is 10.6 Å². The molecule has 3 aromatic rings. The van der Waals surface area contributed by atoms with Gasteiger partial charge in [-0.25, -0.2) is 27.3 Å². The van der Waals surface area contributed by atoms with Gasteiger partial charge in [0.25, 0.3) is 16.1 Å².